The van der Waals surface area contributed by atoms with E-state index < -0.39 is 0 Å². The molecule has 0 saturated heterocycles. The van der Waals surface area contributed by atoms with E-state index in [0.717, 1.165) is 27.8 Å². The largest absolute Gasteiger partial charge is 0.497 e. The number of benzene rings is 3. The molecule has 0 aliphatic carbocycles. The smallest absolute Gasteiger partial charge is 0.255 e. The van der Waals surface area contributed by atoms with Crippen LogP contribution in [0.4, 0.5) is 0 Å². The highest BCUT2D eigenvalue weighted by molar-refractivity contribution is 5.97. The van der Waals surface area contributed by atoms with Gasteiger partial charge in [0.2, 0.25) is 0 Å². The minimum absolute atomic E-state index is 0.0225. The highest BCUT2D eigenvalue weighted by Gasteiger charge is 2.20. The number of ether oxygens (including phenoxy) is 2. The van der Waals surface area contributed by atoms with Gasteiger partial charge in [0.05, 0.1) is 19.8 Å². The number of fused-ring (bicyclic) bond motifs is 1. The Hall–Kier alpha value is -3.73. The summed E-state index contributed by atoms with van der Waals surface area (Å²) in [6, 6.07) is 23.4. The van der Waals surface area contributed by atoms with Crippen molar-refractivity contribution < 1.29 is 14.3 Å². The van der Waals surface area contributed by atoms with Gasteiger partial charge in [0.15, 0.2) is 0 Å². The minimum atomic E-state index is -0.161. The van der Waals surface area contributed by atoms with Crippen LogP contribution in [0.25, 0.3) is 10.9 Å². The molecule has 0 bridgehead atoms. The van der Waals surface area contributed by atoms with Crippen molar-refractivity contribution in [2.45, 2.75) is 5.92 Å². The van der Waals surface area contributed by atoms with Crippen LogP contribution in [0.15, 0.2) is 79.0 Å². The van der Waals surface area contributed by atoms with Crippen molar-refractivity contribution in [2.24, 2.45) is 0 Å². The highest BCUT2D eigenvalue weighted by Crippen LogP contribution is 2.31. The molecule has 5 nitrogen and oxygen atoms in total. The quantitative estimate of drug-likeness (QED) is 0.471. The Morgan fingerprint density at radius 1 is 0.933 bits per heavy atom. The molecule has 0 radical (unpaired) electrons. The van der Waals surface area contributed by atoms with E-state index in [0.29, 0.717) is 17.9 Å². The number of aromatic amines is 1. The Bertz CT molecular complexity index is 1150. The highest BCUT2D eigenvalue weighted by atomic mass is 16.5. The van der Waals surface area contributed by atoms with E-state index in [1.165, 1.54) is 0 Å². The van der Waals surface area contributed by atoms with E-state index in [2.05, 4.69) is 22.4 Å². The first-order valence-electron chi connectivity index (χ1n) is 9.82. The lowest BCUT2D eigenvalue weighted by Gasteiger charge is -2.19. The topological polar surface area (TPSA) is 63.4 Å². The molecule has 3 aromatic carbocycles. The average Bonchev–Trinajstić information content (AvgIpc) is 3.23. The van der Waals surface area contributed by atoms with Gasteiger partial charge < -0.3 is 19.8 Å². The molecule has 1 atom stereocenters. The molecule has 2 N–H and O–H groups in total. The number of amides is 1. The predicted molar refractivity (Wildman–Crippen MR) is 118 cm³/mol. The molecular formula is C25H24N2O3. The maximum Gasteiger partial charge on any atom is 0.255 e. The van der Waals surface area contributed by atoms with Crippen molar-refractivity contribution in [2.75, 3.05) is 20.8 Å². The van der Waals surface area contributed by atoms with Crippen molar-refractivity contribution >= 4 is 16.8 Å². The summed E-state index contributed by atoms with van der Waals surface area (Å²) in [4.78, 5) is 16.2. The third-order valence-corrected chi connectivity index (χ3v) is 5.33. The third kappa shape index (κ3) is 3.87. The molecule has 4 aromatic rings. The molecule has 0 fully saturated rings. The molecule has 0 saturated carbocycles. The number of hydrogen-bond acceptors (Lipinski definition) is 3. The van der Waals surface area contributed by atoms with Crippen molar-refractivity contribution in [3.63, 3.8) is 0 Å². The van der Waals surface area contributed by atoms with E-state index in [1.807, 2.05) is 54.7 Å². The maximum absolute atomic E-state index is 12.9. The summed E-state index contributed by atoms with van der Waals surface area (Å²) >= 11 is 0. The SMILES string of the molecule is COc1ccc(C(CNC(=O)c2ccccc2OC)c2c[nH]c3ccccc23)cc1. The first-order valence-corrected chi connectivity index (χ1v) is 9.82. The number of nitrogens with one attached hydrogen (secondary N) is 2. The van der Waals surface area contributed by atoms with E-state index in [9.17, 15) is 4.79 Å². The van der Waals surface area contributed by atoms with Crippen LogP contribution in [-0.2, 0) is 0 Å². The number of carbonyl (C=O) groups excluding carboxylic acids is 1. The number of carbonyl (C=O) groups is 1. The molecule has 4 rings (SSSR count). The number of H-pyrrole nitrogens is 1. The number of para-hydroxylation sites is 2. The zero-order valence-electron chi connectivity index (χ0n) is 17.0. The van der Waals surface area contributed by atoms with Gasteiger partial charge in [0, 0.05) is 29.6 Å². The Balaban J connectivity index is 1.66. The molecule has 0 spiro atoms. The molecule has 1 aromatic heterocycles. The van der Waals surface area contributed by atoms with Gasteiger partial charge in [0.1, 0.15) is 11.5 Å². The van der Waals surface area contributed by atoms with Crippen molar-refractivity contribution in [1.82, 2.24) is 10.3 Å². The van der Waals surface area contributed by atoms with Crippen molar-refractivity contribution in [3.05, 3.63) is 95.7 Å². The summed E-state index contributed by atoms with van der Waals surface area (Å²) in [5.41, 5.74) is 3.83. The fourth-order valence-corrected chi connectivity index (χ4v) is 3.75. The molecule has 1 heterocycles. The second-order valence-corrected chi connectivity index (χ2v) is 7.03. The van der Waals surface area contributed by atoms with Gasteiger partial charge in [-0.05, 0) is 41.5 Å². The molecule has 30 heavy (non-hydrogen) atoms. The van der Waals surface area contributed by atoms with E-state index in [-0.39, 0.29) is 11.8 Å². The zero-order chi connectivity index (χ0) is 20.9. The Labute approximate surface area is 175 Å². The number of rotatable bonds is 7. The van der Waals surface area contributed by atoms with Crippen LogP contribution in [0.1, 0.15) is 27.4 Å². The van der Waals surface area contributed by atoms with Gasteiger partial charge in [-0.15, -0.1) is 0 Å². The average molecular weight is 400 g/mol. The Kier molecular flexibility index (Phi) is 5.70. The summed E-state index contributed by atoms with van der Waals surface area (Å²) in [7, 11) is 3.22. The zero-order valence-corrected chi connectivity index (χ0v) is 17.0. The van der Waals surface area contributed by atoms with Gasteiger partial charge in [-0.2, -0.15) is 0 Å². The number of methoxy groups -OCH3 is 2. The number of aromatic nitrogens is 1. The lowest BCUT2D eigenvalue weighted by atomic mass is 9.90. The van der Waals surface area contributed by atoms with Crippen LogP contribution >= 0.6 is 0 Å². The summed E-state index contributed by atoms with van der Waals surface area (Å²) in [6.45, 7) is 0.449. The molecule has 1 unspecified atom stereocenters. The maximum atomic E-state index is 12.9. The number of hydrogen-bond donors (Lipinski definition) is 2. The van der Waals surface area contributed by atoms with Crippen LogP contribution in [0.3, 0.4) is 0 Å². The van der Waals surface area contributed by atoms with Crippen LogP contribution in [0.2, 0.25) is 0 Å². The van der Waals surface area contributed by atoms with E-state index in [1.54, 1.807) is 26.4 Å². The summed E-state index contributed by atoms with van der Waals surface area (Å²) < 4.78 is 10.6. The van der Waals surface area contributed by atoms with Gasteiger partial charge in [0.25, 0.3) is 5.91 Å². The van der Waals surface area contributed by atoms with Gasteiger partial charge in [-0.1, -0.05) is 42.5 Å². The second-order valence-electron chi connectivity index (χ2n) is 7.03. The molecule has 0 aliphatic heterocycles. The van der Waals surface area contributed by atoms with E-state index >= 15 is 0 Å². The standard InChI is InChI=1S/C25H24N2O3/c1-29-18-13-11-17(12-14-18)21(22-16-26-23-9-5-3-7-19(22)23)15-27-25(28)20-8-4-6-10-24(20)30-2/h3-14,16,21,26H,15H2,1-2H3,(H,27,28). The first kappa shape index (κ1) is 19.6. The van der Waals surface area contributed by atoms with Crippen molar-refractivity contribution in [1.29, 1.82) is 0 Å². The van der Waals surface area contributed by atoms with Crippen LogP contribution < -0.4 is 14.8 Å². The molecule has 5 heteroatoms. The second kappa shape index (κ2) is 8.74. The first-order chi connectivity index (χ1) is 14.7. The minimum Gasteiger partial charge on any atom is -0.497 e. The normalized spacial score (nSPS) is 11.8. The molecule has 1 amide bonds. The fraction of sp³-hybridized carbons (Fsp3) is 0.160. The molecular weight excluding hydrogens is 376 g/mol. The fourth-order valence-electron chi connectivity index (χ4n) is 3.75. The monoisotopic (exact) mass is 400 g/mol. The van der Waals surface area contributed by atoms with Crippen LogP contribution in [0, 0.1) is 0 Å². The third-order valence-electron chi connectivity index (χ3n) is 5.33. The van der Waals surface area contributed by atoms with Gasteiger partial charge in [-0.3, -0.25) is 4.79 Å². The molecule has 0 aliphatic rings. The summed E-state index contributed by atoms with van der Waals surface area (Å²) in [5.74, 6) is 1.18. The van der Waals surface area contributed by atoms with E-state index in [4.69, 9.17) is 9.47 Å². The predicted octanol–water partition coefficient (Wildman–Crippen LogP) is 4.75. The lowest BCUT2D eigenvalue weighted by molar-refractivity contribution is 0.0949. The van der Waals surface area contributed by atoms with Crippen LogP contribution in [0.5, 0.6) is 11.5 Å². The van der Waals surface area contributed by atoms with Crippen molar-refractivity contribution in [3.8, 4) is 11.5 Å². The molecule has 152 valence electrons. The van der Waals surface area contributed by atoms with Crippen LogP contribution in [-0.4, -0.2) is 31.7 Å². The summed E-state index contributed by atoms with van der Waals surface area (Å²) in [5, 5.41) is 4.23. The lowest BCUT2D eigenvalue weighted by Crippen LogP contribution is -2.29. The Morgan fingerprint density at radius 3 is 2.43 bits per heavy atom. The Morgan fingerprint density at radius 2 is 1.67 bits per heavy atom. The van der Waals surface area contributed by atoms with Gasteiger partial charge >= 0.3 is 0 Å². The summed E-state index contributed by atoms with van der Waals surface area (Å²) in [6.07, 6.45) is 2.02. The van der Waals surface area contributed by atoms with Gasteiger partial charge in [-0.25, -0.2) is 0 Å².